The van der Waals surface area contributed by atoms with Gasteiger partial charge in [0.25, 0.3) is 0 Å². The second-order valence-corrected chi connectivity index (χ2v) is 6.62. The van der Waals surface area contributed by atoms with Crippen molar-refractivity contribution in [2.75, 3.05) is 13.9 Å². The van der Waals surface area contributed by atoms with Gasteiger partial charge in [-0.3, -0.25) is 0 Å². The van der Waals surface area contributed by atoms with Crippen molar-refractivity contribution < 1.29 is 23.4 Å². The van der Waals surface area contributed by atoms with Gasteiger partial charge in [-0.25, -0.2) is 0 Å². The van der Waals surface area contributed by atoms with Crippen LogP contribution in [0.4, 0.5) is 0 Å². The minimum absolute atomic E-state index is 0.220. The highest BCUT2D eigenvalue weighted by molar-refractivity contribution is 5.62. The Balaban J connectivity index is 1.34. The predicted octanol–water partition coefficient (Wildman–Crippen LogP) is 4.72. The van der Waals surface area contributed by atoms with E-state index in [1.54, 1.807) is 7.11 Å². The number of hydrogen-bond acceptors (Lipinski definition) is 7. The van der Waals surface area contributed by atoms with Crippen LogP contribution in [0.15, 0.2) is 71.1 Å². The van der Waals surface area contributed by atoms with Gasteiger partial charge < -0.3 is 23.4 Å². The molecule has 7 heteroatoms. The smallest absolute Gasteiger partial charge is 0.248 e. The van der Waals surface area contributed by atoms with Crippen molar-refractivity contribution in [3.8, 4) is 45.9 Å². The number of methoxy groups -OCH3 is 1. The minimum atomic E-state index is 0.220. The Morgan fingerprint density at radius 1 is 0.800 bits per heavy atom. The maximum atomic E-state index is 5.90. The summed E-state index contributed by atoms with van der Waals surface area (Å²) in [5.41, 5.74) is 2.56. The molecular weight excluding hydrogens is 384 g/mol. The van der Waals surface area contributed by atoms with E-state index in [1.807, 2.05) is 66.7 Å². The first-order chi connectivity index (χ1) is 14.8. The van der Waals surface area contributed by atoms with E-state index in [2.05, 4.69) is 10.2 Å². The highest BCUT2D eigenvalue weighted by Gasteiger charge is 2.17. The number of para-hydroxylation sites is 2. The van der Waals surface area contributed by atoms with E-state index in [4.69, 9.17) is 23.4 Å². The second kappa shape index (κ2) is 7.79. The van der Waals surface area contributed by atoms with Crippen LogP contribution in [-0.4, -0.2) is 24.1 Å². The molecule has 4 aromatic rings. The van der Waals surface area contributed by atoms with Gasteiger partial charge in [0.05, 0.1) is 7.11 Å². The highest BCUT2D eigenvalue weighted by Crippen LogP contribution is 2.36. The molecule has 0 amide bonds. The van der Waals surface area contributed by atoms with E-state index in [1.165, 1.54) is 0 Å². The summed E-state index contributed by atoms with van der Waals surface area (Å²) < 4.78 is 27.9. The predicted molar refractivity (Wildman–Crippen MR) is 109 cm³/mol. The van der Waals surface area contributed by atoms with E-state index >= 15 is 0 Å². The molecule has 0 fully saturated rings. The molecule has 30 heavy (non-hydrogen) atoms. The average Bonchev–Trinajstić information content (AvgIpc) is 3.47. The third kappa shape index (κ3) is 3.53. The van der Waals surface area contributed by atoms with Crippen molar-refractivity contribution >= 4 is 0 Å². The first kappa shape index (κ1) is 18.1. The summed E-state index contributed by atoms with van der Waals surface area (Å²) in [6.07, 6.45) is 0. The number of nitrogens with zero attached hydrogens (tertiary/aromatic N) is 2. The van der Waals surface area contributed by atoms with Gasteiger partial charge in [0.2, 0.25) is 18.6 Å². The zero-order valence-electron chi connectivity index (χ0n) is 16.2. The summed E-state index contributed by atoms with van der Waals surface area (Å²) in [5.74, 6) is 3.61. The number of aromatic nitrogens is 2. The molecule has 0 N–H and O–H groups in total. The number of benzene rings is 3. The summed E-state index contributed by atoms with van der Waals surface area (Å²) in [6, 6.07) is 20.9. The highest BCUT2D eigenvalue weighted by atomic mass is 16.7. The Bertz CT molecular complexity index is 1190. The van der Waals surface area contributed by atoms with E-state index in [0.717, 1.165) is 16.7 Å². The largest absolute Gasteiger partial charge is 0.493 e. The van der Waals surface area contributed by atoms with Crippen molar-refractivity contribution in [2.45, 2.75) is 6.61 Å². The number of rotatable bonds is 6. The lowest BCUT2D eigenvalue weighted by Gasteiger charge is -2.10. The quantitative estimate of drug-likeness (QED) is 0.462. The molecule has 1 aromatic heterocycles. The van der Waals surface area contributed by atoms with Crippen molar-refractivity contribution in [3.05, 3.63) is 72.3 Å². The third-order valence-electron chi connectivity index (χ3n) is 4.68. The molecule has 3 aromatic carbocycles. The van der Waals surface area contributed by atoms with Crippen LogP contribution in [0.25, 0.3) is 22.9 Å². The maximum Gasteiger partial charge on any atom is 0.248 e. The van der Waals surface area contributed by atoms with Crippen LogP contribution >= 0.6 is 0 Å². The number of fused-ring (bicyclic) bond motifs is 1. The zero-order chi connectivity index (χ0) is 20.3. The fourth-order valence-corrected chi connectivity index (χ4v) is 3.18. The SMILES string of the molecule is COc1ccccc1OCc1cccc(-c2nnc(-c3ccc4c(c3)OCO4)o2)c1. The van der Waals surface area contributed by atoms with Crippen LogP contribution in [0.5, 0.6) is 23.0 Å². The molecule has 1 aliphatic heterocycles. The van der Waals surface area contributed by atoms with Crippen LogP contribution < -0.4 is 18.9 Å². The normalized spacial score (nSPS) is 12.0. The lowest BCUT2D eigenvalue weighted by molar-refractivity contribution is 0.174. The molecular formula is C23H18N2O5. The molecule has 0 aliphatic carbocycles. The molecule has 0 unspecified atom stereocenters. The Morgan fingerprint density at radius 3 is 2.40 bits per heavy atom. The molecule has 0 saturated carbocycles. The first-order valence-electron chi connectivity index (χ1n) is 9.39. The number of ether oxygens (including phenoxy) is 4. The standard InChI is InChI=1S/C23H18N2O5/c1-26-18-7-2-3-8-19(18)27-13-15-5-4-6-16(11-15)22-24-25-23(30-22)17-9-10-20-21(12-17)29-14-28-20/h2-12H,13-14H2,1H3. The molecule has 150 valence electrons. The lowest BCUT2D eigenvalue weighted by atomic mass is 10.1. The van der Waals surface area contributed by atoms with Gasteiger partial charge in [0, 0.05) is 11.1 Å². The molecule has 1 aliphatic rings. The van der Waals surface area contributed by atoms with Gasteiger partial charge in [-0.05, 0) is 48.0 Å². The summed E-state index contributed by atoms with van der Waals surface area (Å²) in [4.78, 5) is 0. The fraction of sp³-hybridized carbons (Fsp3) is 0.130. The van der Waals surface area contributed by atoms with Crippen molar-refractivity contribution in [3.63, 3.8) is 0 Å². The van der Waals surface area contributed by atoms with E-state index in [0.29, 0.717) is 41.4 Å². The molecule has 2 heterocycles. The molecule has 0 saturated heterocycles. The van der Waals surface area contributed by atoms with Crippen molar-refractivity contribution in [1.82, 2.24) is 10.2 Å². The number of hydrogen-bond donors (Lipinski definition) is 0. The summed E-state index contributed by atoms with van der Waals surface area (Å²) in [7, 11) is 1.62. The average molecular weight is 402 g/mol. The van der Waals surface area contributed by atoms with Gasteiger partial charge >= 0.3 is 0 Å². The zero-order valence-corrected chi connectivity index (χ0v) is 16.2. The topological polar surface area (TPSA) is 75.8 Å². The van der Waals surface area contributed by atoms with Crippen LogP contribution in [0, 0.1) is 0 Å². The summed E-state index contributed by atoms with van der Waals surface area (Å²) in [5, 5.41) is 8.37. The molecule has 0 spiro atoms. The molecule has 7 nitrogen and oxygen atoms in total. The lowest BCUT2D eigenvalue weighted by Crippen LogP contribution is -1.97. The summed E-state index contributed by atoms with van der Waals surface area (Å²) in [6.45, 7) is 0.606. The maximum absolute atomic E-state index is 5.90. The van der Waals surface area contributed by atoms with E-state index < -0.39 is 0 Å². The van der Waals surface area contributed by atoms with E-state index in [9.17, 15) is 0 Å². The Kier molecular flexibility index (Phi) is 4.69. The first-order valence-corrected chi connectivity index (χ1v) is 9.39. The second-order valence-electron chi connectivity index (χ2n) is 6.62. The van der Waals surface area contributed by atoms with Gasteiger partial charge in [-0.15, -0.1) is 10.2 Å². The Morgan fingerprint density at radius 2 is 1.57 bits per heavy atom. The van der Waals surface area contributed by atoms with Crippen LogP contribution in [0.2, 0.25) is 0 Å². The Hall–Kier alpha value is -4.00. The molecule has 5 rings (SSSR count). The van der Waals surface area contributed by atoms with Gasteiger partial charge in [-0.1, -0.05) is 24.3 Å². The molecule has 0 bridgehead atoms. The van der Waals surface area contributed by atoms with Gasteiger partial charge in [0.15, 0.2) is 23.0 Å². The van der Waals surface area contributed by atoms with Crippen molar-refractivity contribution in [1.29, 1.82) is 0 Å². The van der Waals surface area contributed by atoms with Crippen LogP contribution in [0.1, 0.15) is 5.56 Å². The van der Waals surface area contributed by atoms with Crippen LogP contribution in [0.3, 0.4) is 0 Å². The van der Waals surface area contributed by atoms with Crippen LogP contribution in [-0.2, 0) is 6.61 Å². The molecule has 0 atom stereocenters. The van der Waals surface area contributed by atoms with E-state index in [-0.39, 0.29) is 6.79 Å². The van der Waals surface area contributed by atoms with Crippen molar-refractivity contribution in [2.24, 2.45) is 0 Å². The third-order valence-corrected chi connectivity index (χ3v) is 4.68. The Labute approximate surface area is 172 Å². The fourth-order valence-electron chi connectivity index (χ4n) is 3.18. The van der Waals surface area contributed by atoms with Gasteiger partial charge in [0.1, 0.15) is 6.61 Å². The molecule has 0 radical (unpaired) electrons. The summed E-state index contributed by atoms with van der Waals surface area (Å²) >= 11 is 0. The monoisotopic (exact) mass is 402 g/mol. The van der Waals surface area contributed by atoms with Gasteiger partial charge in [-0.2, -0.15) is 0 Å². The minimum Gasteiger partial charge on any atom is -0.493 e.